The van der Waals surface area contributed by atoms with Crippen LogP contribution in [0, 0.1) is 0 Å². The van der Waals surface area contributed by atoms with E-state index < -0.39 is 18.2 Å². The first kappa shape index (κ1) is 19.4. The van der Waals surface area contributed by atoms with Gasteiger partial charge < -0.3 is 14.7 Å². The van der Waals surface area contributed by atoms with Crippen molar-refractivity contribution >= 4 is 17.9 Å². The van der Waals surface area contributed by atoms with E-state index in [2.05, 4.69) is 46.0 Å². The van der Waals surface area contributed by atoms with Crippen LogP contribution >= 0.6 is 0 Å². The molecule has 0 aliphatic carbocycles. The summed E-state index contributed by atoms with van der Waals surface area (Å²) in [6.45, 7) is 10.9. The van der Waals surface area contributed by atoms with Crippen molar-refractivity contribution in [2.45, 2.75) is 25.7 Å². The molecule has 3 aliphatic heterocycles. The number of amides is 3. The number of rotatable bonds is 4. The quantitative estimate of drug-likeness (QED) is 0.767. The Hall–Kier alpha value is -2.87. The molecule has 3 amide bonds. The second-order valence-electron chi connectivity index (χ2n) is 8.03. The summed E-state index contributed by atoms with van der Waals surface area (Å²) in [7, 11) is 1.68. The van der Waals surface area contributed by atoms with Crippen molar-refractivity contribution in [2.75, 3.05) is 39.8 Å². The lowest BCUT2D eigenvalue weighted by Gasteiger charge is -2.40. The summed E-state index contributed by atoms with van der Waals surface area (Å²) in [5.41, 5.74) is 2.26. The predicted molar refractivity (Wildman–Crippen MR) is 111 cm³/mol. The predicted octanol–water partition coefficient (Wildman–Crippen LogP) is 0.928. The Morgan fingerprint density at radius 1 is 1.17 bits per heavy atom. The topological polar surface area (TPSA) is 71.5 Å². The zero-order valence-electron chi connectivity index (χ0n) is 17.0. The van der Waals surface area contributed by atoms with Gasteiger partial charge in [-0.25, -0.2) is 9.79 Å². The van der Waals surface area contributed by atoms with Crippen molar-refractivity contribution in [2.24, 2.45) is 4.99 Å². The lowest BCUT2D eigenvalue weighted by molar-refractivity contribution is -0.127. The van der Waals surface area contributed by atoms with Gasteiger partial charge in [0, 0.05) is 46.3 Å². The average molecular weight is 396 g/mol. The second-order valence-corrected chi connectivity index (χ2v) is 8.03. The van der Waals surface area contributed by atoms with Crippen LogP contribution in [-0.2, 0) is 11.3 Å². The van der Waals surface area contributed by atoms with Crippen LogP contribution < -0.4 is 5.32 Å². The van der Waals surface area contributed by atoms with Crippen LogP contribution in [0.15, 0.2) is 47.5 Å². The normalized spacial score (nSPS) is 25.0. The number of imide groups is 1. The van der Waals surface area contributed by atoms with Crippen molar-refractivity contribution in [3.8, 4) is 0 Å². The molecule has 0 aromatic heterocycles. The van der Waals surface area contributed by atoms with Gasteiger partial charge in [0.05, 0.1) is 0 Å². The fourth-order valence-electron chi connectivity index (χ4n) is 4.18. The van der Waals surface area contributed by atoms with Gasteiger partial charge in [-0.15, -0.1) is 0 Å². The van der Waals surface area contributed by atoms with Gasteiger partial charge in [-0.1, -0.05) is 42.5 Å². The number of nitrogens with one attached hydrogen (secondary N) is 1. The third kappa shape index (κ3) is 3.85. The van der Waals surface area contributed by atoms with Crippen molar-refractivity contribution in [1.82, 2.24) is 24.9 Å². The number of carbonyl (C=O) groups excluding carboxylic acids is 2. The Morgan fingerprint density at radius 2 is 1.86 bits per heavy atom. The number of likely N-dealkylation sites (N-methyl/N-ethyl adjacent to an activating group) is 1. The van der Waals surface area contributed by atoms with Crippen LogP contribution in [-0.4, -0.2) is 89.5 Å². The number of nitrogens with zero attached hydrogens (tertiary/aromatic N) is 5. The summed E-state index contributed by atoms with van der Waals surface area (Å²) in [5.74, 6) is 0.500. The third-order valence-electron chi connectivity index (χ3n) is 5.68. The molecule has 1 N–H and O–H groups in total. The van der Waals surface area contributed by atoms with E-state index in [-0.39, 0.29) is 5.91 Å². The highest BCUT2D eigenvalue weighted by atomic mass is 16.2. The zero-order valence-corrected chi connectivity index (χ0v) is 17.0. The van der Waals surface area contributed by atoms with Gasteiger partial charge >= 0.3 is 6.03 Å². The number of aliphatic imine (C=N–C) groups is 1. The largest absolute Gasteiger partial charge is 0.340 e. The summed E-state index contributed by atoms with van der Waals surface area (Å²) >= 11 is 0. The zero-order chi connectivity index (χ0) is 20.5. The molecule has 154 valence electrons. The van der Waals surface area contributed by atoms with Crippen LogP contribution in [0.2, 0.25) is 0 Å². The van der Waals surface area contributed by atoms with E-state index in [9.17, 15) is 9.59 Å². The minimum atomic E-state index is -0.508. The second kappa shape index (κ2) is 7.87. The molecule has 8 heteroatoms. The Labute approximate surface area is 171 Å². The van der Waals surface area contributed by atoms with Crippen LogP contribution in [0.1, 0.15) is 12.5 Å². The van der Waals surface area contributed by atoms with E-state index in [0.29, 0.717) is 6.54 Å². The van der Waals surface area contributed by atoms with E-state index in [1.165, 1.54) is 10.5 Å². The minimum absolute atomic E-state index is 0.291. The van der Waals surface area contributed by atoms with Crippen molar-refractivity contribution < 1.29 is 9.59 Å². The molecule has 1 aromatic carbocycles. The van der Waals surface area contributed by atoms with Crippen LogP contribution in [0.3, 0.4) is 0 Å². The van der Waals surface area contributed by atoms with Gasteiger partial charge in [0.15, 0.2) is 18.2 Å². The van der Waals surface area contributed by atoms with Gasteiger partial charge in [0.1, 0.15) is 0 Å². The highest BCUT2D eigenvalue weighted by molar-refractivity contribution is 6.03. The number of hydrogen-bond acceptors (Lipinski definition) is 6. The number of urea groups is 1. The molecule has 3 heterocycles. The number of guanidine groups is 1. The molecule has 0 saturated carbocycles. The minimum Gasteiger partial charge on any atom is -0.340 e. The molecule has 0 radical (unpaired) electrons. The van der Waals surface area contributed by atoms with E-state index in [1.807, 2.05) is 17.9 Å². The van der Waals surface area contributed by atoms with E-state index >= 15 is 0 Å². The number of piperazine rings is 1. The third-order valence-corrected chi connectivity index (χ3v) is 5.68. The molecule has 2 fully saturated rings. The fraction of sp³-hybridized carbons (Fsp3) is 0.476. The van der Waals surface area contributed by atoms with E-state index in [1.54, 1.807) is 7.05 Å². The van der Waals surface area contributed by atoms with Crippen LogP contribution in [0.4, 0.5) is 4.79 Å². The standard InChI is InChI=1S/C21H28N6O2/c1-15(2)13-27-17-18(24(3)21(29)23-19(17)28)22-20(27)26-11-9-25(10-12-26)14-16-7-5-4-6-8-16/h4-8,17-18H,1,9-14H2,2-3H3,(H,23,28,29). The molecule has 2 saturated heterocycles. The summed E-state index contributed by atoms with van der Waals surface area (Å²) in [6, 6.07) is 9.57. The number of fused-ring (bicyclic) bond motifs is 1. The Balaban J connectivity index is 1.48. The Bertz CT molecular complexity index is 831. The van der Waals surface area contributed by atoms with Crippen LogP contribution in [0.25, 0.3) is 0 Å². The summed E-state index contributed by atoms with van der Waals surface area (Å²) in [4.78, 5) is 37.6. The first-order valence-corrected chi connectivity index (χ1v) is 10.0. The monoisotopic (exact) mass is 396 g/mol. The molecule has 4 rings (SSSR count). The number of hydrogen-bond donors (Lipinski definition) is 1. The summed E-state index contributed by atoms with van der Waals surface area (Å²) in [6.07, 6.45) is -0.493. The van der Waals surface area contributed by atoms with E-state index in [0.717, 1.165) is 44.3 Å². The average Bonchev–Trinajstić information content (AvgIpc) is 3.07. The SMILES string of the molecule is C=C(C)CN1C(N2CCN(Cc3ccccc3)CC2)=NC2C1C(=O)NC(=O)N2C. The maximum absolute atomic E-state index is 12.6. The lowest BCUT2D eigenvalue weighted by Crippen LogP contribution is -2.64. The fourth-order valence-corrected chi connectivity index (χ4v) is 4.18. The first-order valence-electron chi connectivity index (χ1n) is 10.0. The van der Waals surface area contributed by atoms with Gasteiger partial charge in [0.2, 0.25) is 0 Å². The maximum Gasteiger partial charge on any atom is 0.325 e. The van der Waals surface area contributed by atoms with Crippen LogP contribution in [0.5, 0.6) is 0 Å². The number of benzene rings is 1. The van der Waals surface area contributed by atoms with Crippen molar-refractivity contribution in [3.05, 3.63) is 48.0 Å². The van der Waals surface area contributed by atoms with Crippen molar-refractivity contribution in [1.29, 1.82) is 0 Å². The highest BCUT2D eigenvalue weighted by Crippen LogP contribution is 2.26. The molecular formula is C21H28N6O2. The molecule has 0 bridgehead atoms. The smallest absolute Gasteiger partial charge is 0.325 e. The molecule has 0 spiro atoms. The van der Waals surface area contributed by atoms with Gasteiger partial charge in [-0.2, -0.15) is 0 Å². The van der Waals surface area contributed by atoms with Gasteiger partial charge in [-0.05, 0) is 12.5 Å². The Morgan fingerprint density at radius 3 is 2.52 bits per heavy atom. The maximum atomic E-state index is 12.6. The molecular weight excluding hydrogens is 368 g/mol. The molecule has 8 nitrogen and oxygen atoms in total. The molecule has 3 aliphatic rings. The van der Waals surface area contributed by atoms with Gasteiger partial charge in [-0.3, -0.25) is 15.0 Å². The lowest BCUT2D eigenvalue weighted by atomic mass is 10.1. The molecule has 2 atom stereocenters. The summed E-state index contributed by atoms with van der Waals surface area (Å²) < 4.78 is 0. The van der Waals surface area contributed by atoms with Crippen molar-refractivity contribution in [3.63, 3.8) is 0 Å². The molecule has 29 heavy (non-hydrogen) atoms. The Kier molecular flexibility index (Phi) is 5.27. The van der Waals surface area contributed by atoms with E-state index in [4.69, 9.17) is 4.99 Å². The highest BCUT2D eigenvalue weighted by Gasteiger charge is 2.49. The first-order chi connectivity index (χ1) is 13.9. The summed E-state index contributed by atoms with van der Waals surface area (Å²) in [5, 5.41) is 2.44. The molecule has 1 aromatic rings. The number of carbonyl (C=O) groups is 2. The molecule has 2 unspecified atom stereocenters. The van der Waals surface area contributed by atoms with Gasteiger partial charge in [0.25, 0.3) is 5.91 Å².